The van der Waals surface area contributed by atoms with E-state index < -0.39 is 0 Å². The molecule has 0 aromatic carbocycles. The molecule has 0 aliphatic heterocycles. The van der Waals surface area contributed by atoms with E-state index in [1.165, 1.54) is 0 Å². The first-order chi connectivity index (χ1) is 7.27. The molecular formula is C12H16N2O. The number of aromatic amines is 1. The third-order valence-electron chi connectivity index (χ3n) is 2.97. The number of fused-ring (bicyclic) bond motifs is 1. The van der Waals surface area contributed by atoms with Gasteiger partial charge >= 0.3 is 0 Å². The molecule has 15 heavy (non-hydrogen) atoms. The lowest BCUT2D eigenvalue weighted by Gasteiger charge is -2.15. The van der Waals surface area contributed by atoms with Crippen LogP contribution in [0.1, 0.15) is 32.7 Å². The van der Waals surface area contributed by atoms with Crippen molar-refractivity contribution < 1.29 is 0 Å². The molecule has 1 N–H and O–H groups in total. The molecule has 0 amide bonds. The Labute approximate surface area is 88.7 Å². The van der Waals surface area contributed by atoms with Crippen LogP contribution < -0.4 is 5.56 Å². The molecule has 0 bridgehead atoms. The highest BCUT2D eigenvalue weighted by atomic mass is 16.1. The minimum atomic E-state index is 0.00407. The summed E-state index contributed by atoms with van der Waals surface area (Å²) in [5, 5.41) is 1.02. The van der Waals surface area contributed by atoms with Crippen LogP contribution in [0.15, 0.2) is 29.3 Å². The van der Waals surface area contributed by atoms with Crippen LogP contribution in [0.25, 0.3) is 10.9 Å². The third kappa shape index (κ3) is 1.58. The third-order valence-corrected chi connectivity index (χ3v) is 2.97. The molecule has 0 aliphatic carbocycles. The van der Waals surface area contributed by atoms with Crippen LogP contribution in [-0.2, 0) is 0 Å². The number of nitrogens with one attached hydrogen (secondary N) is 1. The zero-order chi connectivity index (χ0) is 10.8. The molecule has 0 fully saturated rings. The van der Waals surface area contributed by atoms with Gasteiger partial charge in [-0.2, -0.15) is 0 Å². The van der Waals surface area contributed by atoms with E-state index in [0.717, 1.165) is 23.7 Å². The van der Waals surface area contributed by atoms with Crippen LogP contribution >= 0.6 is 0 Å². The molecule has 0 atom stereocenters. The minimum absolute atomic E-state index is 0.00407. The average molecular weight is 204 g/mol. The van der Waals surface area contributed by atoms with Gasteiger partial charge in [0.05, 0.1) is 0 Å². The summed E-state index contributed by atoms with van der Waals surface area (Å²) in [6, 6.07) is 4.37. The molecule has 0 saturated carbocycles. The van der Waals surface area contributed by atoms with Crippen LogP contribution in [0.3, 0.4) is 0 Å². The fraction of sp³-hybridized carbons (Fsp3) is 0.417. The Morgan fingerprint density at radius 3 is 2.73 bits per heavy atom. The number of nitrogens with zero attached hydrogens (tertiary/aromatic N) is 1. The zero-order valence-corrected chi connectivity index (χ0v) is 9.16. The second-order valence-electron chi connectivity index (χ2n) is 3.80. The largest absolute Gasteiger partial charge is 0.340 e. The Bertz CT molecular complexity index is 506. The topological polar surface area (TPSA) is 37.8 Å². The molecule has 80 valence electrons. The maximum absolute atomic E-state index is 11.7. The predicted octanol–water partition coefficient (Wildman–Crippen LogP) is 2.69. The lowest BCUT2D eigenvalue weighted by Crippen LogP contribution is -2.13. The van der Waals surface area contributed by atoms with E-state index >= 15 is 0 Å². The predicted molar refractivity (Wildman–Crippen MR) is 62.2 cm³/mol. The van der Waals surface area contributed by atoms with E-state index in [-0.39, 0.29) is 5.56 Å². The Balaban J connectivity index is 2.66. The smallest absolute Gasteiger partial charge is 0.272 e. The number of pyridine rings is 1. The number of hydrogen-bond donors (Lipinski definition) is 1. The van der Waals surface area contributed by atoms with E-state index in [2.05, 4.69) is 23.4 Å². The summed E-state index contributed by atoms with van der Waals surface area (Å²) in [4.78, 5) is 14.4. The van der Waals surface area contributed by atoms with Crippen LogP contribution in [0.4, 0.5) is 0 Å². The molecule has 2 rings (SSSR count). The molecule has 3 nitrogen and oxygen atoms in total. The van der Waals surface area contributed by atoms with Gasteiger partial charge in [0.15, 0.2) is 0 Å². The average Bonchev–Trinajstić information content (AvgIpc) is 2.66. The molecule has 0 spiro atoms. The van der Waals surface area contributed by atoms with Crippen molar-refractivity contribution in [3.8, 4) is 0 Å². The van der Waals surface area contributed by atoms with Gasteiger partial charge in [-0.1, -0.05) is 13.8 Å². The minimum Gasteiger partial charge on any atom is -0.340 e. The first-order valence-corrected chi connectivity index (χ1v) is 5.46. The number of rotatable bonds is 3. The standard InChI is InChI=1S/C12H16N2O/c1-3-10(4-2)14-8-6-9-5-7-13-12(15)11(9)14/h5-8,10H,3-4H2,1-2H3,(H,13,15). The van der Waals surface area contributed by atoms with Crippen molar-refractivity contribution in [2.24, 2.45) is 0 Å². The molecule has 3 heteroatoms. The van der Waals surface area contributed by atoms with Gasteiger partial charge < -0.3 is 9.55 Å². The summed E-state index contributed by atoms with van der Waals surface area (Å²) in [7, 11) is 0. The highest BCUT2D eigenvalue weighted by Gasteiger charge is 2.11. The van der Waals surface area contributed by atoms with E-state index in [4.69, 9.17) is 0 Å². The first-order valence-electron chi connectivity index (χ1n) is 5.46. The summed E-state index contributed by atoms with van der Waals surface area (Å²) in [5.74, 6) is 0. The van der Waals surface area contributed by atoms with Crippen molar-refractivity contribution in [3.05, 3.63) is 34.9 Å². The quantitative estimate of drug-likeness (QED) is 0.820. The normalized spacial score (nSPS) is 11.4. The monoisotopic (exact) mass is 204 g/mol. The van der Waals surface area contributed by atoms with Gasteiger partial charge in [-0.25, -0.2) is 0 Å². The molecular weight excluding hydrogens is 188 g/mol. The van der Waals surface area contributed by atoms with Crippen LogP contribution in [0.2, 0.25) is 0 Å². The van der Waals surface area contributed by atoms with Crippen molar-refractivity contribution in [3.63, 3.8) is 0 Å². The lowest BCUT2D eigenvalue weighted by atomic mass is 10.1. The summed E-state index contributed by atoms with van der Waals surface area (Å²) in [5.41, 5.74) is 0.801. The molecule has 2 aromatic heterocycles. The van der Waals surface area contributed by atoms with Gasteiger partial charge in [-0.15, -0.1) is 0 Å². The van der Waals surface area contributed by atoms with E-state index in [1.807, 2.05) is 18.3 Å². The van der Waals surface area contributed by atoms with E-state index in [1.54, 1.807) is 6.20 Å². The number of aromatic nitrogens is 2. The van der Waals surface area contributed by atoms with Crippen molar-refractivity contribution in [2.45, 2.75) is 32.7 Å². The van der Waals surface area contributed by atoms with Crippen LogP contribution in [-0.4, -0.2) is 9.55 Å². The Hall–Kier alpha value is -1.51. The molecule has 0 radical (unpaired) electrons. The number of hydrogen-bond acceptors (Lipinski definition) is 1. The Morgan fingerprint density at radius 2 is 2.07 bits per heavy atom. The summed E-state index contributed by atoms with van der Waals surface area (Å²) in [6.45, 7) is 4.30. The van der Waals surface area contributed by atoms with Gasteiger partial charge in [0, 0.05) is 23.8 Å². The van der Waals surface area contributed by atoms with Crippen molar-refractivity contribution in [2.75, 3.05) is 0 Å². The highest BCUT2D eigenvalue weighted by molar-refractivity contribution is 5.78. The fourth-order valence-corrected chi connectivity index (χ4v) is 2.11. The van der Waals surface area contributed by atoms with Gasteiger partial charge in [0.2, 0.25) is 0 Å². The highest BCUT2D eigenvalue weighted by Crippen LogP contribution is 2.21. The van der Waals surface area contributed by atoms with Crippen LogP contribution in [0, 0.1) is 0 Å². The Kier molecular flexibility index (Phi) is 2.62. The molecule has 2 aromatic rings. The fourth-order valence-electron chi connectivity index (χ4n) is 2.11. The summed E-state index contributed by atoms with van der Waals surface area (Å²) < 4.78 is 2.09. The molecule has 0 aliphatic rings. The second-order valence-corrected chi connectivity index (χ2v) is 3.80. The maximum atomic E-state index is 11.7. The van der Waals surface area contributed by atoms with Crippen molar-refractivity contribution in [1.82, 2.24) is 9.55 Å². The maximum Gasteiger partial charge on any atom is 0.272 e. The van der Waals surface area contributed by atoms with E-state index in [0.29, 0.717) is 6.04 Å². The Morgan fingerprint density at radius 1 is 1.33 bits per heavy atom. The van der Waals surface area contributed by atoms with Crippen molar-refractivity contribution >= 4 is 10.9 Å². The molecule has 0 saturated heterocycles. The summed E-state index contributed by atoms with van der Waals surface area (Å²) in [6.07, 6.45) is 5.81. The zero-order valence-electron chi connectivity index (χ0n) is 9.16. The van der Waals surface area contributed by atoms with Crippen LogP contribution in [0.5, 0.6) is 0 Å². The van der Waals surface area contributed by atoms with Gasteiger partial charge in [-0.05, 0) is 25.0 Å². The van der Waals surface area contributed by atoms with Crippen molar-refractivity contribution in [1.29, 1.82) is 0 Å². The van der Waals surface area contributed by atoms with E-state index in [9.17, 15) is 4.79 Å². The lowest BCUT2D eigenvalue weighted by molar-refractivity contribution is 0.485. The van der Waals surface area contributed by atoms with Gasteiger partial charge in [0.1, 0.15) is 5.52 Å². The molecule has 2 heterocycles. The first kappa shape index (κ1) is 10.0. The second kappa shape index (κ2) is 3.93. The van der Waals surface area contributed by atoms with Gasteiger partial charge in [-0.3, -0.25) is 4.79 Å². The van der Waals surface area contributed by atoms with Gasteiger partial charge in [0.25, 0.3) is 5.56 Å². The SMILES string of the molecule is CCC(CC)n1ccc2cc[nH]c(=O)c21. The number of H-pyrrole nitrogens is 1. The summed E-state index contributed by atoms with van der Waals surface area (Å²) >= 11 is 0. The molecule has 0 unspecified atom stereocenters.